The molecular weight excluding hydrogens is 745 g/mol. The molecule has 0 aliphatic heterocycles. The Balaban J connectivity index is 0.000000229. The summed E-state index contributed by atoms with van der Waals surface area (Å²) in [5.41, 5.74) is 6.87. The van der Waals surface area contributed by atoms with Gasteiger partial charge in [-0.15, -0.1) is 0 Å². The number of ether oxygens (including phenoxy) is 3. The van der Waals surface area contributed by atoms with Crippen molar-refractivity contribution in [3.8, 4) is 28.4 Å². The summed E-state index contributed by atoms with van der Waals surface area (Å²) in [4.78, 5) is 36.1. The van der Waals surface area contributed by atoms with Crippen molar-refractivity contribution in [3.63, 3.8) is 0 Å². The molecule has 0 spiro atoms. The number of hydrogen-bond acceptors (Lipinski definition) is 6. The molecule has 0 unspecified atom stereocenters. The van der Waals surface area contributed by atoms with Crippen molar-refractivity contribution in [1.29, 1.82) is 0 Å². The fourth-order valence-corrected chi connectivity index (χ4v) is 6.31. The highest BCUT2D eigenvalue weighted by molar-refractivity contribution is 6.31. The molecule has 6 aromatic rings. The van der Waals surface area contributed by atoms with Crippen molar-refractivity contribution in [2.45, 2.75) is 59.7 Å². The molecule has 0 saturated heterocycles. The van der Waals surface area contributed by atoms with Crippen molar-refractivity contribution in [2.75, 3.05) is 6.61 Å². The third kappa shape index (κ3) is 11.4. The van der Waals surface area contributed by atoms with Crippen LogP contribution in [-0.2, 0) is 29.2 Å². The summed E-state index contributed by atoms with van der Waals surface area (Å²) in [6.45, 7) is 6.86. The van der Waals surface area contributed by atoms with Gasteiger partial charge in [0.2, 0.25) is 0 Å². The van der Waals surface area contributed by atoms with Gasteiger partial charge in [0.05, 0.1) is 23.4 Å². The highest BCUT2D eigenvalue weighted by Crippen LogP contribution is 2.36. The average molecular weight is 791 g/mol. The minimum Gasteiger partial charge on any atom is -0.488 e. The third-order valence-electron chi connectivity index (χ3n) is 8.90. The summed E-state index contributed by atoms with van der Waals surface area (Å²) in [5.74, 6) is 0.851. The number of esters is 1. The number of carbonyl (C=O) groups is 3. The maximum Gasteiger partial charge on any atom is 0.338 e. The van der Waals surface area contributed by atoms with E-state index < -0.39 is 0 Å². The van der Waals surface area contributed by atoms with Crippen LogP contribution in [0.25, 0.3) is 16.9 Å². The molecule has 6 rings (SSSR count). The van der Waals surface area contributed by atoms with E-state index >= 15 is 0 Å². The summed E-state index contributed by atoms with van der Waals surface area (Å²) >= 11 is 12.4. The number of Topliss-reactive ketones (excluding diaryl/α,β-unsaturated/α-hetero) is 2. The van der Waals surface area contributed by atoms with E-state index in [1.165, 1.54) is 0 Å². The van der Waals surface area contributed by atoms with E-state index in [2.05, 4.69) is 23.6 Å². The number of rotatable bonds is 16. The Morgan fingerprint density at radius 3 is 1.88 bits per heavy atom. The molecule has 288 valence electrons. The summed E-state index contributed by atoms with van der Waals surface area (Å²) < 4.78 is 19.3. The van der Waals surface area contributed by atoms with Gasteiger partial charge in [0.1, 0.15) is 30.5 Å². The molecule has 1 heterocycles. The van der Waals surface area contributed by atoms with Gasteiger partial charge < -0.3 is 18.8 Å². The Kier molecular flexibility index (Phi) is 15.5. The lowest BCUT2D eigenvalue weighted by molar-refractivity contribution is -0.118. The second-order valence-electron chi connectivity index (χ2n) is 12.8. The molecule has 0 bridgehead atoms. The fourth-order valence-electron chi connectivity index (χ4n) is 5.97. The molecule has 0 amide bonds. The number of aryl methyl sites for hydroxylation is 1. The van der Waals surface area contributed by atoms with E-state index in [4.69, 9.17) is 37.4 Å². The van der Waals surface area contributed by atoms with Crippen LogP contribution in [0.15, 0.2) is 133 Å². The second-order valence-corrected chi connectivity index (χ2v) is 13.7. The molecule has 0 saturated carbocycles. The van der Waals surface area contributed by atoms with Crippen LogP contribution in [0.3, 0.4) is 0 Å². The quantitative estimate of drug-likeness (QED) is 0.0717. The van der Waals surface area contributed by atoms with Crippen molar-refractivity contribution >= 4 is 40.7 Å². The molecule has 5 aromatic carbocycles. The molecule has 1 aromatic heterocycles. The minimum absolute atomic E-state index is 0.0760. The predicted octanol–water partition coefficient (Wildman–Crippen LogP) is 12.0. The molecule has 7 nitrogen and oxygen atoms in total. The van der Waals surface area contributed by atoms with Crippen molar-refractivity contribution < 1.29 is 28.6 Å². The first kappa shape index (κ1) is 41.5. The molecule has 0 atom stereocenters. The topological polar surface area (TPSA) is 83.8 Å². The maximum absolute atomic E-state index is 12.4. The predicted molar refractivity (Wildman–Crippen MR) is 223 cm³/mol. The van der Waals surface area contributed by atoms with Crippen LogP contribution < -0.4 is 9.47 Å². The number of carbonyl (C=O) groups excluding carboxylic acids is 3. The number of ketones is 2. The van der Waals surface area contributed by atoms with Crippen LogP contribution in [0, 0.1) is 0 Å². The first-order valence-electron chi connectivity index (χ1n) is 18.7. The Morgan fingerprint density at radius 2 is 1.25 bits per heavy atom. The molecule has 56 heavy (non-hydrogen) atoms. The van der Waals surface area contributed by atoms with E-state index in [1.54, 1.807) is 38.1 Å². The zero-order valence-electron chi connectivity index (χ0n) is 31.8. The summed E-state index contributed by atoms with van der Waals surface area (Å²) in [6, 6.07) is 42.0. The van der Waals surface area contributed by atoms with Crippen LogP contribution in [0.1, 0.15) is 77.6 Å². The van der Waals surface area contributed by atoms with Crippen LogP contribution >= 0.6 is 23.2 Å². The van der Waals surface area contributed by atoms with Gasteiger partial charge in [-0.1, -0.05) is 104 Å². The molecule has 0 N–H and O–H groups in total. The van der Waals surface area contributed by atoms with Crippen LogP contribution in [0.2, 0.25) is 10.0 Å². The van der Waals surface area contributed by atoms with E-state index in [0.717, 1.165) is 45.9 Å². The molecule has 9 heteroatoms. The first-order chi connectivity index (χ1) is 27.2. The monoisotopic (exact) mass is 789 g/mol. The standard InChI is InChI=1S/C28H26ClNO3.C19H19ClO3/c1-3-23-14-15-26(30(23)24-12-8-11-21(17-24)28(31)32-4-2)25-18-22(29)13-16-27(25)33-19-20-9-6-5-7-10-20;1-2-16(21)9-10-18(22)17-12-15(20)8-11-19(17)23-13-14-6-4-3-5-7-14/h5-18H,3-4,19H2,1-2H3;3-8,11-12H,2,9-10,13H2,1H3. The lowest BCUT2D eigenvalue weighted by Gasteiger charge is -2.17. The number of halogens is 2. The van der Waals surface area contributed by atoms with Crippen molar-refractivity contribution in [2.24, 2.45) is 0 Å². The number of nitrogens with zero attached hydrogens (tertiary/aromatic N) is 1. The highest BCUT2D eigenvalue weighted by Gasteiger charge is 2.18. The number of aromatic nitrogens is 1. The van der Waals surface area contributed by atoms with Crippen molar-refractivity contribution in [1.82, 2.24) is 4.57 Å². The van der Waals surface area contributed by atoms with E-state index in [9.17, 15) is 14.4 Å². The maximum atomic E-state index is 12.4. The summed E-state index contributed by atoms with van der Waals surface area (Å²) in [6.07, 6.45) is 1.69. The highest BCUT2D eigenvalue weighted by atomic mass is 35.5. The van der Waals surface area contributed by atoms with Gasteiger partial charge in [0.15, 0.2) is 5.78 Å². The van der Waals surface area contributed by atoms with Gasteiger partial charge in [-0.3, -0.25) is 9.59 Å². The lowest BCUT2D eigenvalue weighted by atomic mass is 10.0. The second kappa shape index (κ2) is 20.9. The fraction of sp³-hybridized carbons (Fsp3) is 0.213. The lowest BCUT2D eigenvalue weighted by Crippen LogP contribution is -2.07. The van der Waals surface area contributed by atoms with Gasteiger partial charge in [0.25, 0.3) is 0 Å². The van der Waals surface area contributed by atoms with E-state index in [0.29, 0.717) is 53.2 Å². The Bertz CT molecular complexity index is 2230. The molecule has 0 aliphatic carbocycles. The minimum atomic E-state index is -0.333. The van der Waals surface area contributed by atoms with Gasteiger partial charge in [-0.25, -0.2) is 4.79 Å². The number of hydrogen-bond donors (Lipinski definition) is 0. The normalized spacial score (nSPS) is 10.6. The van der Waals surface area contributed by atoms with Gasteiger partial charge in [-0.05, 0) is 91.2 Å². The summed E-state index contributed by atoms with van der Waals surface area (Å²) in [7, 11) is 0. The Morgan fingerprint density at radius 1 is 0.625 bits per heavy atom. The number of benzene rings is 5. The largest absolute Gasteiger partial charge is 0.488 e. The Hall–Kier alpha value is -5.63. The zero-order chi connectivity index (χ0) is 39.9. The van der Waals surface area contributed by atoms with E-state index in [-0.39, 0.29) is 30.4 Å². The molecule has 0 radical (unpaired) electrons. The zero-order valence-corrected chi connectivity index (χ0v) is 33.3. The van der Waals surface area contributed by atoms with E-state index in [1.807, 2.05) is 97.1 Å². The van der Waals surface area contributed by atoms with Crippen LogP contribution in [-0.4, -0.2) is 28.7 Å². The first-order valence-corrected chi connectivity index (χ1v) is 19.4. The van der Waals surface area contributed by atoms with Crippen LogP contribution in [0.5, 0.6) is 11.5 Å². The van der Waals surface area contributed by atoms with Gasteiger partial charge in [-0.2, -0.15) is 0 Å². The molecule has 0 aliphatic rings. The Labute approximate surface area is 338 Å². The SMILES string of the molecule is CCC(=O)CCC(=O)c1cc(Cl)ccc1OCc1ccccc1.CCOC(=O)c1cccc(-n2c(CC)ccc2-c2cc(Cl)ccc2OCc2ccccc2)c1. The third-order valence-corrected chi connectivity index (χ3v) is 9.37. The average Bonchev–Trinajstić information content (AvgIpc) is 3.67. The molecule has 0 fully saturated rings. The van der Waals surface area contributed by atoms with Crippen molar-refractivity contribution in [3.05, 3.63) is 171 Å². The van der Waals surface area contributed by atoms with Crippen LogP contribution in [0.4, 0.5) is 0 Å². The van der Waals surface area contributed by atoms with Gasteiger partial charge in [0, 0.05) is 46.3 Å². The summed E-state index contributed by atoms with van der Waals surface area (Å²) in [5, 5.41) is 1.10. The smallest absolute Gasteiger partial charge is 0.338 e. The molecular formula is C47H45Cl2NO6. The van der Waals surface area contributed by atoms with Gasteiger partial charge >= 0.3 is 5.97 Å².